The second kappa shape index (κ2) is 7.07. The second-order valence-electron chi connectivity index (χ2n) is 7.27. The minimum Gasteiger partial charge on any atom is -0.366 e. The molecule has 0 saturated carbocycles. The predicted molar refractivity (Wildman–Crippen MR) is 104 cm³/mol. The summed E-state index contributed by atoms with van der Waals surface area (Å²) in [5.74, 6) is -0.124. The first-order valence-corrected chi connectivity index (χ1v) is 9.37. The number of aryl methyl sites for hydroxylation is 2. The zero-order chi connectivity index (χ0) is 19.8. The zero-order valence-electron chi connectivity index (χ0n) is 15.9. The van der Waals surface area contributed by atoms with E-state index in [1.54, 1.807) is 24.8 Å². The van der Waals surface area contributed by atoms with E-state index in [9.17, 15) is 9.59 Å². The van der Waals surface area contributed by atoms with Crippen LogP contribution in [0.2, 0.25) is 0 Å². The Hall–Kier alpha value is -3.22. The molecule has 1 atom stereocenters. The van der Waals surface area contributed by atoms with Gasteiger partial charge < -0.3 is 15.2 Å². The smallest absolute Gasteiger partial charge is 0.259 e. The summed E-state index contributed by atoms with van der Waals surface area (Å²) in [6.07, 6.45) is 1.67. The highest BCUT2D eigenvalue weighted by Crippen LogP contribution is 2.31. The highest BCUT2D eigenvalue weighted by Gasteiger charge is 2.31. The Labute approximate surface area is 162 Å². The summed E-state index contributed by atoms with van der Waals surface area (Å²) in [6, 6.07) is 9.44. The summed E-state index contributed by atoms with van der Waals surface area (Å²) in [7, 11) is 0. The maximum absolute atomic E-state index is 13.0. The van der Waals surface area contributed by atoms with Crippen molar-refractivity contribution >= 4 is 22.7 Å². The number of benzene rings is 1. The van der Waals surface area contributed by atoms with Gasteiger partial charge >= 0.3 is 0 Å². The molecule has 7 nitrogen and oxygen atoms in total. The summed E-state index contributed by atoms with van der Waals surface area (Å²) in [5.41, 5.74) is 8.66. The van der Waals surface area contributed by atoms with Crippen LogP contribution < -0.4 is 5.73 Å². The Kier molecular flexibility index (Phi) is 4.58. The molecule has 3 heterocycles. The van der Waals surface area contributed by atoms with Gasteiger partial charge in [-0.25, -0.2) is 0 Å². The minimum atomic E-state index is -0.498. The van der Waals surface area contributed by atoms with Crippen molar-refractivity contribution in [2.24, 2.45) is 5.73 Å². The number of aromatic nitrogens is 2. The molecule has 1 fully saturated rings. The van der Waals surface area contributed by atoms with Crippen molar-refractivity contribution in [1.29, 1.82) is 0 Å². The highest BCUT2D eigenvalue weighted by atomic mass is 16.5. The van der Waals surface area contributed by atoms with E-state index in [1.165, 1.54) is 0 Å². The van der Waals surface area contributed by atoms with Crippen LogP contribution in [0.1, 0.15) is 56.6 Å². The average molecular weight is 378 g/mol. The third-order valence-corrected chi connectivity index (χ3v) is 5.36. The van der Waals surface area contributed by atoms with E-state index in [4.69, 9.17) is 15.2 Å². The van der Waals surface area contributed by atoms with Gasteiger partial charge in [-0.15, -0.1) is 0 Å². The molecular weight excluding hydrogens is 356 g/mol. The van der Waals surface area contributed by atoms with Crippen LogP contribution >= 0.6 is 0 Å². The van der Waals surface area contributed by atoms with Gasteiger partial charge in [0.1, 0.15) is 11.3 Å². The number of nitrogens with two attached hydrogens (primary N) is 1. The lowest BCUT2D eigenvalue weighted by molar-refractivity contribution is 0.0703. The van der Waals surface area contributed by atoms with E-state index in [2.05, 4.69) is 5.16 Å². The maximum Gasteiger partial charge on any atom is 0.259 e. The predicted octanol–water partition coefficient (Wildman–Crippen LogP) is 2.96. The van der Waals surface area contributed by atoms with Crippen LogP contribution in [0.3, 0.4) is 0 Å². The van der Waals surface area contributed by atoms with Gasteiger partial charge in [0.25, 0.3) is 11.8 Å². The fourth-order valence-electron chi connectivity index (χ4n) is 3.97. The third kappa shape index (κ3) is 3.13. The van der Waals surface area contributed by atoms with Crippen LogP contribution in [0.5, 0.6) is 0 Å². The number of nitrogens with zero attached hydrogens (tertiary/aromatic N) is 3. The maximum atomic E-state index is 13.0. The summed E-state index contributed by atoms with van der Waals surface area (Å²) in [4.78, 5) is 31.6. The van der Waals surface area contributed by atoms with Crippen molar-refractivity contribution in [3.05, 3.63) is 58.6 Å². The molecule has 0 spiro atoms. The van der Waals surface area contributed by atoms with Gasteiger partial charge in [-0.05, 0) is 38.8 Å². The standard InChI is InChI=1S/C21H22N4O3/c1-12-18(13(2)28-24-12)21(27)25-9-5-7-15(11-25)19-16(20(22)26)10-14-6-3-4-8-17(14)23-19/h3-4,6,8,10,15H,5,7,9,11H2,1-2H3,(H2,22,26). The molecule has 7 heteroatoms. The van der Waals surface area contributed by atoms with Gasteiger partial charge in [-0.3, -0.25) is 14.6 Å². The Balaban J connectivity index is 1.69. The van der Waals surface area contributed by atoms with Gasteiger partial charge in [0.2, 0.25) is 0 Å². The fraction of sp³-hybridized carbons (Fsp3) is 0.333. The van der Waals surface area contributed by atoms with Crippen LogP contribution in [-0.2, 0) is 0 Å². The van der Waals surface area contributed by atoms with Crippen LogP contribution in [0, 0.1) is 13.8 Å². The van der Waals surface area contributed by atoms with Crippen molar-refractivity contribution in [3.63, 3.8) is 0 Å². The van der Waals surface area contributed by atoms with Crippen molar-refractivity contribution in [2.75, 3.05) is 13.1 Å². The number of piperidine rings is 1. The van der Waals surface area contributed by atoms with Crippen LogP contribution in [0.25, 0.3) is 10.9 Å². The number of carbonyl (C=O) groups excluding carboxylic acids is 2. The number of amides is 2. The summed E-state index contributed by atoms with van der Waals surface area (Å²) < 4.78 is 5.15. The van der Waals surface area contributed by atoms with Crippen molar-refractivity contribution < 1.29 is 14.1 Å². The lowest BCUT2D eigenvalue weighted by Gasteiger charge is -2.33. The Morgan fingerprint density at radius 2 is 2.04 bits per heavy atom. The minimum absolute atomic E-state index is 0.0507. The monoisotopic (exact) mass is 378 g/mol. The largest absolute Gasteiger partial charge is 0.366 e. The average Bonchev–Trinajstić information content (AvgIpc) is 3.04. The van der Waals surface area contributed by atoms with Gasteiger partial charge in [-0.1, -0.05) is 23.4 Å². The molecule has 2 N–H and O–H groups in total. The van der Waals surface area contributed by atoms with Gasteiger partial charge in [0, 0.05) is 24.4 Å². The number of rotatable bonds is 3. The number of pyridine rings is 1. The number of hydrogen-bond acceptors (Lipinski definition) is 5. The van der Waals surface area contributed by atoms with E-state index >= 15 is 0 Å². The van der Waals surface area contributed by atoms with Gasteiger partial charge in [0.05, 0.1) is 22.5 Å². The van der Waals surface area contributed by atoms with Crippen LogP contribution in [0.4, 0.5) is 0 Å². The SMILES string of the molecule is Cc1noc(C)c1C(=O)N1CCCC(c2nc3ccccc3cc2C(N)=O)C1. The molecular formula is C21H22N4O3. The highest BCUT2D eigenvalue weighted by molar-refractivity contribution is 5.98. The van der Waals surface area contributed by atoms with Crippen molar-refractivity contribution in [1.82, 2.24) is 15.0 Å². The lowest BCUT2D eigenvalue weighted by Crippen LogP contribution is -2.40. The first-order valence-electron chi connectivity index (χ1n) is 9.37. The van der Waals surface area contributed by atoms with E-state index < -0.39 is 5.91 Å². The Bertz CT molecular complexity index is 1050. The van der Waals surface area contributed by atoms with E-state index in [0.29, 0.717) is 41.4 Å². The van der Waals surface area contributed by atoms with Crippen molar-refractivity contribution in [3.8, 4) is 0 Å². The topological polar surface area (TPSA) is 102 Å². The molecule has 1 saturated heterocycles. The first-order chi connectivity index (χ1) is 13.5. The third-order valence-electron chi connectivity index (χ3n) is 5.36. The van der Waals surface area contributed by atoms with E-state index in [-0.39, 0.29) is 11.8 Å². The Morgan fingerprint density at radius 1 is 1.25 bits per heavy atom. The molecule has 1 aliphatic heterocycles. The number of carbonyl (C=O) groups is 2. The summed E-state index contributed by atoms with van der Waals surface area (Å²) >= 11 is 0. The number of primary amides is 1. The molecule has 4 rings (SSSR count). The van der Waals surface area contributed by atoms with E-state index in [0.717, 1.165) is 23.7 Å². The molecule has 0 aliphatic carbocycles. The van der Waals surface area contributed by atoms with Gasteiger partial charge in [0.15, 0.2) is 0 Å². The molecule has 144 valence electrons. The normalized spacial score (nSPS) is 17.1. The molecule has 2 aromatic heterocycles. The fourth-order valence-corrected chi connectivity index (χ4v) is 3.97. The summed E-state index contributed by atoms with van der Waals surface area (Å²) in [6.45, 7) is 4.64. The zero-order valence-corrected chi connectivity index (χ0v) is 15.9. The quantitative estimate of drug-likeness (QED) is 0.755. The molecule has 1 aliphatic rings. The van der Waals surface area contributed by atoms with Crippen molar-refractivity contribution in [2.45, 2.75) is 32.6 Å². The number of para-hydroxylation sites is 1. The van der Waals surface area contributed by atoms with Crippen LogP contribution in [-0.4, -0.2) is 39.9 Å². The van der Waals surface area contributed by atoms with E-state index in [1.807, 2.05) is 24.3 Å². The molecule has 3 aromatic rings. The first kappa shape index (κ1) is 18.2. The molecule has 0 bridgehead atoms. The molecule has 1 unspecified atom stereocenters. The number of fused-ring (bicyclic) bond motifs is 1. The Morgan fingerprint density at radius 3 is 2.75 bits per heavy atom. The van der Waals surface area contributed by atoms with Gasteiger partial charge in [-0.2, -0.15) is 0 Å². The second-order valence-corrected chi connectivity index (χ2v) is 7.27. The molecule has 28 heavy (non-hydrogen) atoms. The van der Waals surface area contributed by atoms with Crippen LogP contribution in [0.15, 0.2) is 34.9 Å². The number of hydrogen-bond donors (Lipinski definition) is 1. The number of likely N-dealkylation sites (tertiary alicyclic amines) is 1. The molecule has 1 aromatic carbocycles. The molecule has 0 radical (unpaired) electrons. The summed E-state index contributed by atoms with van der Waals surface area (Å²) in [5, 5.41) is 4.76. The lowest BCUT2D eigenvalue weighted by atomic mass is 9.90. The molecule has 2 amide bonds.